The summed E-state index contributed by atoms with van der Waals surface area (Å²) in [5.74, 6) is -0.739. The van der Waals surface area contributed by atoms with E-state index in [0.29, 0.717) is 12.3 Å². The first kappa shape index (κ1) is 12.3. The lowest BCUT2D eigenvalue weighted by Gasteiger charge is -2.30. The van der Waals surface area contributed by atoms with Gasteiger partial charge in [-0.15, -0.1) is 0 Å². The van der Waals surface area contributed by atoms with Gasteiger partial charge in [0.25, 0.3) is 0 Å². The summed E-state index contributed by atoms with van der Waals surface area (Å²) in [7, 11) is 0. The number of ether oxygens (including phenoxy) is 1. The first-order chi connectivity index (χ1) is 8.11. The minimum Gasteiger partial charge on any atom is -0.465 e. The van der Waals surface area contributed by atoms with E-state index in [2.05, 4.69) is 26.2 Å². The zero-order valence-corrected chi connectivity index (χ0v) is 11.0. The number of hydrogen-bond donors (Lipinski definition) is 1. The average Bonchev–Trinajstić information content (AvgIpc) is 2.29. The maximum absolute atomic E-state index is 11.7. The zero-order chi connectivity index (χ0) is 12.4. The van der Waals surface area contributed by atoms with Crippen molar-refractivity contribution in [1.29, 1.82) is 0 Å². The van der Waals surface area contributed by atoms with Gasteiger partial charge in [-0.05, 0) is 19.8 Å². The van der Waals surface area contributed by atoms with Crippen LogP contribution in [0.3, 0.4) is 0 Å². The van der Waals surface area contributed by atoms with E-state index < -0.39 is 11.9 Å². The smallest absolute Gasteiger partial charge is 0.318 e. The Morgan fingerprint density at radius 1 is 1.71 bits per heavy atom. The van der Waals surface area contributed by atoms with Gasteiger partial charge in [-0.3, -0.25) is 9.59 Å². The fourth-order valence-electron chi connectivity index (χ4n) is 2.01. The number of nitrogens with one attached hydrogen (secondary N) is 1. The highest BCUT2D eigenvalue weighted by Crippen LogP contribution is 2.31. The third-order valence-electron chi connectivity index (χ3n) is 2.83. The van der Waals surface area contributed by atoms with Crippen LogP contribution in [0.2, 0.25) is 0 Å². The molecule has 2 aliphatic rings. The topological polar surface area (TPSA) is 67.8 Å². The van der Waals surface area contributed by atoms with Gasteiger partial charge in [-0.25, -0.2) is 4.99 Å². The van der Waals surface area contributed by atoms with E-state index in [1.165, 1.54) is 0 Å². The number of carbonyl (C=O) groups is 2. The van der Waals surface area contributed by atoms with Gasteiger partial charge in [0.05, 0.1) is 6.61 Å². The number of amides is 1. The largest absolute Gasteiger partial charge is 0.465 e. The molecule has 2 rings (SSSR count). The second kappa shape index (κ2) is 5.00. The molecule has 2 unspecified atom stereocenters. The molecule has 6 heteroatoms. The number of aliphatic imine (C=N–C) groups is 1. The third kappa shape index (κ3) is 2.57. The Hall–Kier alpha value is -1.17. The number of esters is 1. The second-order valence-electron chi connectivity index (χ2n) is 4.02. The molecule has 2 atom stereocenters. The molecule has 92 valence electrons. The Balaban J connectivity index is 2.11. The highest BCUT2D eigenvalue weighted by molar-refractivity contribution is 9.11. The van der Waals surface area contributed by atoms with E-state index in [4.69, 9.17) is 4.74 Å². The average molecular weight is 301 g/mol. The van der Waals surface area contributed by atoms with Crippen molar-refractivity contribution < 1.29 is 14.3 Å². The zero-order valence-electron chi connectivity index (χ0n) is 9.40. The summed E-state index contributed by atoms with van der Waals surface area (Å²) >= 11 is 3.38. The number of rotatable bonds is 2. The van der Waals surface area contributed by atoms with Crippen LogP contribution in [0.25, 0.3) is 0 Å². The second-order valence-corrected chi connectivity index (χ2v) is 5.04. The van der Waals surface area contributed by atoms with E-state index in [0.717, 1.165) is 10.9 Å². The number of piperidine rings is 1. The lowest BCUT2D eigenvalue weighted by molar-refractivity contribution is -0.152. The van der Waals surface area contributed by atoms with Crippen molar-refractivity contribution in [1.82, 2.24) is 5.32 Å². The Morgan fingerprint density at radius 3 is 3.18 bits per heavy atom. The molecule has 0 spiro atoms. The maximum Gasteiger partial charge on any atom is 0.318 e. The first-order valence-corrected chi connectivity index (χ1v) is 6.30. The third-order valence-corrected chi connectivity index (χ3v) is 3.36. The first-order valence-electron chi connectivity index (χ1n) is 5.51. The highest BCUT2D eigenvalue weighted by Gasteiger charge is 2.39. The molecule has 0 saturated carbocycles. The van der Waals surface area contributed by atoms with Crippen LogP contribution in [-0.4, -0.2) is 24.3 Å². The summed E-state index contributed by atoms with van der Waals surface area (Å²) in [6.07, 6.45) is 2.90. The predicted molar refractivity (Wildman–Crippen MR) is 65.4 cm³/mol. The normalized spacial score (nSPS) is 27.5. The van der Waals surface area contributed by atoms with Crippen LogP contribution in [0.1, 0.15) is 19.8 Å². The molecule has 0 aliphatic carbocycles. The van der Waals surface area contributed by atoms with Gasteiger partial charge in [0.15, 0.2) is 0 Å². The van der Waals surface area contributed by atoms with Crippen molar-refractivity contribution in [2.45, 2.75) is 19.8 Å². The minimum absolute atomic E-state index is 0.0847. The van der Waals surface area contributed by atoms with E-state index in [-0.39, 0.29) is 18.4 Å². The Morgan fingerprint density at radius 2 is 2.47 bits per heavy atom. The molecule has 0 radical (unpaired) electrons. The lowest BCUT2D eigenvalue weighted by atomic mass is 9.86. The Bertz CT molecular complexity index is 417. The molecule has 1 saturated heterocycles. The van der Waals surface area contributed by atoms with Crippen LogP contribution >= 0.6 is 15.9 Å². The van der Waals surface area contributed by atoms with E-state index in [1.54, 1.807) is 13.1 Å². The van der Waals surface area contributed by atoms with Gasteiger partial charge in [0.2, 0.25) is 5.91 Å². The van der Waals surface area contributed by atoms with Gasteiger partial charge in [0, 0.05) is 16.6 Å². The fraction of sp³-hybridized carbons (Fsp3) is 0.545. The van der Waals surface area contributed by atoms with Crippen molar-refractivity contribution in [2.24, 2.45) is 16.8 Å². The van der Waals surface area contributed by atoms with Gasteiger partial charge in [0.1, 0.15) is 11.8 Å². The number of amidine groups is 1. The summed E-state index contributed by atoms with van der Waals surface area (Å²) < 4.78 is 5.87. The molecule has 0 bridgehead atoms. The quantitative estimate of drug-likeness (QED) is 0.618. The van der Waals surface area contributed by atoms with E-state index >= 15 is 0 Å². The van der Waals surface area contributed by atoms with Crippen LogP contribution < -0.4 is 5.32 Å². The number of halogens is 1. The molecule has 0 aromatic carbocycles. The summed E-state index contributed by atoms with van der Waals surface area (Å²) in [6.45, 7) is 2.02. The van der Waals surface area contributed by atoms with Gasteiger partial charge >= 0.3 is 5.97 Å². The minimum atomic E-state index is -0.711. The molecule has 1 amide bonds. The summed E-state index contributed by atoms with van der Waals surface area (Å²) in [4.78, 5) is 27.5. The Labute approximate surface area is 107 Å². The number of hydrogen-bond acceptors (Lipinski definition) is 4. The summed E-state index contributed by atoms with van der Waals surface area (Å²) in [6, 6.07) is 0. The SMILES string of the molecule is CCOC(=O)C1CC2CC(Br)=CN=C2NC1=O. The fourth-order valence-corrected chi connectivity index (χ4v) is 2.50. The summed E-state index contributed by atoms with van der Waals surface area (Å²) in [5.41, 5.74) is 0. The number of carbonyl (C=O) groups excluding carboxylic acids is 2. The molecular formula is C11H13BrN2O3. The number of fused-ring (bicyclic) bond motifs is 1. The monoisotopic (exact) mass is 300 g/mol. The molecule has 2 aliphatic heterocycles. The van der Waals surface area contributed by atoms with Crippen molar-refractivity contribution in [3.05, 3.63) is 10.7 Å². The molecule has 2 heterocycles. The molecule has 5 nitrogen and oxygen atoms in total. The van der Waals surface area contributed by atoms with Crippen LogP contribution in [0.5, 0.6) is 0 Å². The van der Waals surface area contributed by atoms with E-state index in [9.17, 15) is 9.59 Å². The lowest BCUT2D eigenvalue weighted by Crippen LogP contribution is -2.49. The maximum atomic E-state index is 11.7. The van der Waals surface area contributed by atoms with Gasteiger partial charge < -0.3 is 10.1 Å². The summed E-state index contributed by atoms with van der Waals surface area (Å²) in [5, 5.41) is 2.67. The molecule has 1 N–H and O–H groups in total. The molecule has 1 fully saturated rings. The molecule has 0 aromatic heterocycles. The Kier molecular flexibility index (Phi) is 3.61. The van der Waals surface area contributed by atoms with Gasteiger partial charge in [-0.2, -0.15) is 0 Å². The van der Waals surface area contributed by atoms with Crippen molar-refractivity contribution in [3.63, 3.8) is 0 Å². The number of nitrogens with zero attached hydrogens (tertiary/aromatic N) is 1. The van der Waals surface area contributed by atoms with Crippen LogP contribution in [-0.2, 0) is 14.3 Å². The molecular weight excluding hydrogens is 288 g/mol. The van der Waals surface area contributed by atoms with Crippen molar-refractivity contribution >= 4 is 33.6 Å². The molecule has 0 aromatic rings. The van der Waals surface area contributed by atoms with Gasteiger partial charge in [-0.1, -0.05) is 15.9 Å². The highest BCUT2D eigenvalue weighted by atomic mass is 79.9. The van der Waals surface area contributed by atoms with Crippen LogP contribution in [0.4, 0.5) is 0 Å². The van der Waals surface area contributed by atoms with Crippen molar-refractivity contribution in [2.75, 3.05) is 6.61 Å². The van der Waals surface area contributed by atoms with Crippen LogP contribution in [0.15, 0.2) is 15.7 Å². The van der Waals surface area contributed by atoms with E-state index in [1.807, 2.05) is 0 Å². The van der Waals surface area contributed by atoms with Crippen LogP contribution in [0, 0.1) is 11.8 Å². The predicted octanol–water partition coefficient (Wildman–Crippen LogP) is 1.34. The standard InChI is InChI=1S/C11H13BrN2O3/c1-2-17-11(16)8-4-6-3-7(12)5-13-9(6)14-10(8)15/h5-6,8H,2-4H2,1H3,(H,13,14,15). The number of allylic oxidation sites excluding steroid dienone is 1. The van der Waals surface area contributed by atoms with Crippen molar-refractivity contribution in [3.8, 4) is 0 Å². The molecule has 17 heavy (non-hydrogen) atoms.